The van der Waals surface area contributed by atoms with Crippen molar-refractivity contribution in [3.63, 3.8) is 0 Å². The number of nitrogens with zero attached hydrogens (tertiary/aromatic N) is 1. The van der Waals surface area contributed by atoms with Crippen LogP contribution >= 0.6 is 0 Å². The summed E-state index contributed by atoms with van der Waals surface area (Å²) in [5.74, 6) is -22.5. The first kappa shape index (κ1) is 25.3. The van der Waals surface area contributed by atoms with Crippen molar-refractivity contribution in [2.45, 2.75) is 6.42 Å². The summed E-state index contributed by atoms with van der Waals surface area (Å²) < 4.78 is 142. The second kappa shape index (κ2) is 9.67. The molecule has 0 aliphatic heterocycles. The quantitative estimate of drug-likeness (QED) is 0.145. The lowest BCUT2D eigenvalue weighted by Crippen LogP contribution is -2.48. The zero-order valence-electron chi connectivity index (χ0n) is 17.6. The highest BCUT2D eigenvalue weighted by molar-refractivity contribution is 6.80. The molecule has 0 saturated carbocycles. The molecule has 0 atom stereocenters. The van der Waals surface area contributed by atoms with Crippen molar-refractivity contribution in [3.8, 4) is 11.3 Å². The zero-order chi connectivity index (χ0) is 26.3. The van der Waals surface area contributed by atoms with Gasteiger partial charge in [0, 0.05) is 29.1 Å². The summed E-state index contributed by atoms with van der Waals surface area (Å²) in [6.07, 6.45) is 0.536. The molecule has 0 saturated heterocycles. The van der Waals surface area contributed by atoms with Crippen LogP contribution in [0.4, 0.5) is 43.8 Å². The summed E-state index contributed by atoms with van der Waals surface area (Å²) in [6.45, 7) is -3.60. The summed E-state index contributed by atoms with van der Waals surface area (Å²) >= 11 is 0. The van der Waals surface area contributed by atoms with Crippen molar-refractivity contribution in [1.29, 1.82) is 0 Å². The first-order valence-electron chi connectivity index (χ1n) is 10.1. The highest BCUT2D eigenvalue weighted by Crippen LogP contribution is 2.27. The summed E-state index contributed by atoms with van der Waals surface area (Å²) in [6, 6.07) is 10.4. The molecular weight excluding hydrogens is 503 g/mol. The van der Waals surface area contributed by atoms with Gasteiger partial charge in [-0.15, -0.1) is 0 Å². The first-order valence-corrected chi connectivity index (χ1v) is 10.1. The Bertz CT molecular complexity index is 1450. The smallest absolute Gasteiger partial charge is 0.322 e. The molecule has 1 nitrogen and oxygen atoms in total. The number of hydrogen-bond donors (Lipinski definition) is 0. The van der Waals surface area contributed by atoms with Crippen LogP contribution in [0, 0.1) is 52.4 Å². The molecule has 184 valence electrons. The molecule has 0 fully saturated rings. The molecule has 36 heavy (non-hydrogen) atoms. The standard InChI is InChI=1S/C24H10BF10N/c26-16-12(9-10-5-1-2-6-11(10)13-7-3-4-8-36-13)14(17(27)21(31)20(16)30)25(35)15-18(28)22(32)24(34)23(33)19(15)29/h1-8H,9H2. The van der Waals surface area contributed by atoms with Crippen LogP contribution in [0.15, 0.2) is 48.7 Å². The fourth-order valence-electron chi connectivity index (χ4n) is 3.76. The Balaban J connectivity index is 1.97. The predicted molar refractivity (Wildman–Crippen MR) is 111 cm³/mol. The number of pyridine rings is 1. The number of aromatic nitrogens is 1. The highest BCUT2D eigenvalue weighted by Gasteiger charge is 2.40. The monoisotopic (exact) mass is 513 g/mol. The normalized spacial score (nSPS) is 11.2. The molecule has 0 amide bonds. The molecule has 4 aromatic rings. The summed E-state index contributed by atoms with van der Waals surface area (Å²) in [5.41, 5.74) is -4.52. The SMILES string of the molecule is FB(c1c(F)c(F)c(F)c(F)c1F)c1c(F)c(F)c(F)c(F)c1Cc1ccccc1-c1ccccn1. The molecule has 0 radical (unpaired) electrons. The van der Waals surface area contributed by atoms with E-state index in [9.17, 15) is 39.5 Å². The van der Waals surface area contributed by atoms with Crippen molar-refractivity contribution >= 4 is 17.9 Å². The van der Waals surface area contributed by atoms with Crippen LogP contribution in [0.5, 0.6) is 0 Å². The zero-order valence-corrected chi connectivity index (χ0v) is 17.6. The largest absolute Gasteiger partial charge is 0.423 e. The second-order valence-corrected chi connectivity index (χ2v) is 7.54. The van der Waals surface area contributed by atoms with Crippen molar-refractivity contribution in [1.82, 2.24) is 4.98 Å². The van der Waals surface area contributed by atoms with Crippen LogP contribution in [-0.4, -0.2) is 12.0 Å². The van der Waals surface area contributed by atoms with Gasteiger partial charge in [0.2, 0.25) is 0 Å². The maximum atomic E-state index is 15.4. The minimum Gasteiger partial charge on any atom is -0.322 e. The van der Waals surface area contributed by atoms with Gasteiger partial charge in [0.15, 0.2) is 52.4 Å². The molecule has 1 heterocycles. The van der Waals surface area contributed by atoms with Gasteiger partial charge in [0.1, 0.15) is 0 Å². The highest BCUT2D eigenvalue weighted by atomic mass is 19.2. The Kier molecular flexibility index (Phi) is 6.79. The van der Waals surface area contributed by atoms with Gasteiger partial charge in [-0.25, -0.2) is 39.5 Å². The molecule has 1 aromatic heterocycles. The Morgan fingerprint density at radius 1 is 0.556 bits per heavy atom. The lowest BCUT2D eigenvalue weighted by atomic mass is 9.55. The van der Waals surface area contributed by atoms with Crippen LogP contribution in [0.3, 0.4) is 0 Å². The average Bonchev–Trinajstić information content (AvgIpc) is 2.89. The van der Waals surface area contributed by atoms with E-state index in [2.05, 4.69) is 4.98 Å². The maximum Gasteiger partial charge on any atom is 0.423 e. The molecule has 0 aliphatic rings. The fraction of sp³-hybridized carbons (Fsp3) is 0.0417. The van der Waals surface area contributed by atoms with E-state index in [1.165, 1.54) is 36.5 Å². The van der Waals surface area contributed by atoms with Gasteiger partial charge in [0.05, 0.1) is 5.69 Å². The van der Waals surface area contributed by atoms with E-state index in [1.54, 1.807) is 12.1 Å². The lowest BCUT2D eigenvalue weighted by molar-refractivity contribution is 0.383. The van der Waals surface area contributed by atoms with Crippen LogP contribution in [0.2, 0.25) is 0 Å². The van der Waals surface area contributed by atoms with E-state index < -0.39 is 82.3 Å². The van der Waals surface area contributed by atoms with Gasteiger partial charge < -0.3 is 4.32 Å². The van der Waals surface area contributed by atoms with E-state index in [-0.39, 0.29) is 11.1 Å². The summed E-state index contributed by atoms with van der Waals surface area (Å²) in [4.78, 5) is 4.08. The first-order chi connectivity index (χ1) is 17.1. The second-order valence-electron chi connectivity index (χ2n) is 7.54. The third-order valence-corrected chi connectivity index (χ3v) is 5.48. The third-order valence-electron chi connectivity index (χ3n) is 5.48. The molecule has 0 N–H and O–H groups in total. The fourth-order valence-corrected chi connectivity index (χ4v) is 3.76. The van der Waals surface area contributed by atoms with E-state index in [0.717, 1.165) is 0 Å². The minimum atomic E-state index is -3.60. The van der Waals surface area contributed by atoms with Crippen molar-refractivity contribution in [2.75, 3.05) is 0 Å². The van der Waals surface area contributed by atoms with Crippen LogP contribution in [0.1, 0.15) is 11.1 Å². The Morgan fingerprint density at radius 2 is 1.06 bits per heavy atom. The van der Waals surface area contributed by atoms with Gasteiger partial charge in [-0.05, 0) is 23.3 Å². The number of rotatable bonds is 5. The van der Waals surface area contributed by atoms with Crippen molar-refractivity contribution < 1.29 is 43.8 Å². The average molecular weight is 513 g/mol. The van der Waals surface area contributed by atoms with E-state index >= 15 is 4.32 Å². The molecule has 3 aromatic carbocycles. The van der Waals surface area contributed by atoms with Gasteiger partial charge in [-0.1, -0.05) is 30.3 Å². The lowest BCUT2D eigenvalue weighted by Gasteiger charge is -2.18. The number of hydrogen-bond acceptors (Lipinski definition) is 1. The minimum absolute atomic E-state index is 0.0753. The predicted octanol–water partition coefficient (Wildman–Crippen LogP) is 5.67. The van der Waals surface area contributed by atoms with Gasteiger partial charge in [-0.3, -0.25) is 4.98 Å². The van der Waals surface area contributed by atoms with Crippen LogP contribution < -0.4 is 10.9 Å². The number of halogens is 10. The molecule has 0 spiro atoms. The van der Waals surface area contributed by atoms with Gasteiger partial charge in [-0.2, -0.15) is 0 Å². The third kappa shape index (κ3) is 4.10. The molecule has 12 heteroatoms. The Labute approximate surface area is 197 Å². The van der Waals surface area contributed by atoms with Gasteiger partial charge in [0.25, 0.3) is 0 Å². The van der Waals surface area contributed by atoms with Crippen LogP contribution in [0.25, 0.3) is 11.3 Å². The topological polar surface area (TPSA) is 12.9 Å². The number of benzene rings is 3. The van der Waals surface area contributed by atoms with Gasteiger partial charge >= 0.3 is 6.99 Å². The Hall–Kier alpha value is -3.83. The van der Waals surface area contributed by atoms with E-state index in [0.29, 0.717) is 5.69 Å². The van der Waals surface area contributed by atoms with Crippen LogP contribution in [-0.2, 0) is 6.42 Å². The molecule has 0 unspecified atom stereocenters. The molecular formula is C24H10BF10N. The molecule has 0 aliphatic carbocycles. The molecule has 0 bridgehead atoms. The maximum absolute atomic E-state index is 15.4. The van der Waals surface area contributed by atoms with E-state index in [1.807, 2.05) is 0 Å². The summed E-state index contributed by atoms with van der Waals surface area (Å²) in [7, 11) is 0. The molecule has 4 rings (SSSR count). The van der Waals surface area contributed by atoms with E-state index in [4.69, 9.17) is 0 Å². The van der Waals surface area contributed by atoms with Crippen molar-refractivity contribution in [2.24, 2.45) is 0 Å². The van der Waals surface area contributed by atoms with Crippen molar-refractivity contribution in [3.05, 3.63) is 112 Å². The summed E-state index contributed by atoms with van der Waals surface area (Å²) in [5, 5.41) is 0. The Morgan fingerprint density at radius 3 is 1.64 bits per heavy atom.